The summed E-state index contributed by atoms with van der Waals surface area (Å²) in [5, 5.41) is 0.778. The third-order valence-electron chi connectivity index (χ3n) is 5.01. The number of fused-ring (bicyclic) bond motifs is 1. The number of sulfonamides is 1. The lowest BCUT2D eigenvalue weighted by molar-refractivity contribution is 0.399. The molecule has 2 aromatic carbocycles. The number of aromatic amines is 1. The number of nitrogens with zero attached hydrogens (tertiary/aromatic N) is 2. The van der Waals surface area contributed by atoms with Crippen LogP contribution in [-0.4, -0.2) is 29.8 Å². The summed E-state index contributed by atoms with van der Waals surface area (Å²) in [5.41, 5.74) is 1.31. The van der Waals surface area contributed by atoms with E-state index in [9.17, 15) is 13.2 Å². The van der Waals surface area contributed by atoms with Gasteiger partial charge in [-0.25, -0.2) is 8.42 Å². The number of benzene rings is 2. The van der Waals surface area contributed by atoms with Crippen molar-refractivity contribution in [1.29, 1.82) is 0 Å². The van der Waals surface area contributed by atoms with E-state index in [-0.39, 0.29) is 23.5 Å². The van der Waals surface area contributed by atoms with Gasteiger partial charge in [0, 0.05) is 41.6 Å². The Bertz CT molecular complexity index is 1420. The van der Waals surface area contributed by atoms with E-state index in [1.54, 1.807) is 68.0 Å². The number of methoxy groups -OCH3 is 1. The highest BCUT2D eigenvalue weighted by atomic mass is 79.9. The van der Waals surface area contributed by atoms with E-state index in [0.717, 1.165) is 5.39 Å². The van der Waals surface area contributed by atoms with E-state index in [1.807, 2.05) is 6.07 Å². The van der Waals surface area contributed by atoms with E-state index in [1.165, 1.54) is 10.4 Å². The van der Waals surface area contributed by atoms with Crippen LogP contribution in [0.1, 0.15) is 11.1 Å². The summed E-state index contributed by atoms with van der Waals surface area (Å²) in [5.74, 6) is 0.621. The number of aromatic nitrogens is 2. The molecular formula is C23H20BrN3O4S. The molecule has 0 fully saturated rings. The highest BCUT2D eigenvalue weighted by molar-refractivity contribution is 9.10. The minimum atomic E-state index is -3.92. The summed E-state index contributed by atoms with van der Waals surface area (Å²) < 4.78 is 34.1. The number of H-pyrrole nitrogens is 1. The first-order chi connectivity index (χ1) is 15.4. The highest BCUT2D eigenvalue weighted by Crippen LogP contribution is 2.27. The second-order valence-electron chi connectivity index (χ2n) is 7.14. The Kier molecular flexibility index (Phi) is 6.40. The number of halogens is 1. The van der Waals surface area contributed by atoms with Crippen LogP contribution in [0.2, 0.25) is 0 Å². The van der Waals surface area contributed by atoms with Gasteiger partial charge in [-0.05, 0) is 63.3 Å². The average Bonchev–Trinajstić information content (AvgIpc) is 2.79. The van der Waals surface area contributed by atoms with Gasteiger partial charge in [0.2, 0.25) is 10.0 Å². The molecule has 2 aromatic heterocycles. The topological polar surface area (TPSA) is 92.4 Å². The van der Waals surface area contributed by atoms with E-state index in [4.69, 9.17) is 4.74 Å². The molecule has 4 aromatic rings. The van der Waals surface area contributed by atoms with Crippen LogP contribution in [0.3, 0.4) is 0 Å². The molecule has 4 rings (SSSR count). The average molecular weight is 514 g/mol. The number of hydrogen-bond acceptors (Lipinski definition) is 5. The first-order valence-corrected chi connectivity index (χ1v) is 12.0. The molecule has 0 aliphatic heterocycles. The minimum absolute atomic E-state index is 0.0671. The Morgan fingerprint density at radius 3 is 2.59 bits per heavy atom. The van der Waals surface area contributed by atoms with Crippen molar-refractivity contribution in [2.75, 3.05) is 7.11 Å². The monoisotopic (exact) mass is 513 g/mol. The van der Waals surface area contributed by atoms with Gasteiger partial charge in [-0.3, -0.25) is 9.78 Å². The van der Waals surface area contributed by atoms with Crippen molar-refractivity contribution in [3.63, 3.8) is 0 Å². The molecule has 0 saturated heterocycles. The maximum atomic E-state index is 13.6. The molecule has 2 heterocycles. The molecule has 0 unspecified atom stereocenters. The summed E-state index contributed by atoms with van der Waals surface area (Å²) >= 11 is 3.33. The highest BCUT2D eigenvalue weighted by Gasteiger charge is 2.27. The van der Waals surface area contributed by atoms with Gasteiger partial charge in [-0.15, -0.1) is 0 Å². The minimum Gasteiger partial charge on any atom is -0.497 e. The maximum Gasteiger partial charge on any atom is 0.252 e. The molecule has 0 aliphatic carbocycles. The number of ether oxygens (including phenoxy) is 1. The first kappa shape index (κ1) is 22.2. The second kappa shape index (κ2) is 9.23. The van der Waals surface area contributed by atoms with Crippen molar-refractivity contribution in [3.8, 4) is 5.75 Å². The maximum absolute atomic E-state index is 13.6. The van der Waals surface area contributed by atoms with Crippen molar-refractivity contribution in [1.82, 2.24) is 14.3 Å². The molecule has 0 radical (unpaired) electrons. The van der Waals surface area contributed by atoms with Gasteiger partial charge in [-0.2, -0.15) is 4.31 Å². The van der Waals surface area contributed by atoms with Crippen LogP contribution < -0.4 is 10.3 Å². The van der Waals surface area contributed by atoms with Crippen molar-refractivity contribution >= 4 is 36.9 Å². The molecule has 0 atom stereocenters. The summed E-state index contributed by atoms with van der Waals surface area (Å²) in [4.78, 5) is 19.8. The quantitative estimate of drug-likeness (QED) is 0.401. The zero-order chi connectivity index (χ0) is 22.7. The Morgan fingerprint density at radius 1 is 1.06 bits per heavy atom. The fourth-order valence-electron chi connectivity index (χ4n) is 3.37. The van der Waals surface area contributed by atoms with Gasteiger partial charge in [0.05, 0.1) is 17.5 Å². The molecular weight excluding hydrogens is 494 g/mol. The number of rotatable bonds is 7. The smallest absolute Gasteiger partial charge is 0.252 e. The lowest BCUT2D eigenvalue weighted by Crippen LogP contribution is -2.32. The standard InChI is InChI=1S/C23H20BrN3O4S/c1-31-19-9-8-17-11-18(23(28)26-21(17)12-19)15-27(14-16-5-4-10-25-13-16)32(29,30)22-7-3-2-6-20(22)24/h2-13H,14-15H2,1H3,(H,26,28). The van der Waals surface area contributed by atoms with Crippen molar-refractivity contribution in [3.05, 3.63) is 99.0 Å². The molecule has 0 amide bonds. The molecule has 164 valence electrons. The zero-order valence-corrected chi connectivity index (χ0v) is 19.6. The van der Waals surface area contributed by atoms with Gasteiger partial charge in [-0.1, -0.05) is 18.2 Å². The molecule has 0 spiro atoms. The van der Waals surface area contributed by atoms with Crippen molar-refractivity contribution in [2.45, 2.75) is 18.0 Å². The molecule has 0 saturated carbocycles. The molecule has 0 aliphatic rings. The van der Waals surface area contributed by atoms with Crippen LogP contribution in [0.15, 0.2) is 87.2 Å². The third-order valence-corrected chi connectivity index (χ3v) is 7.82. The largest absolute Gasteiger partial charge is 0.497 e. The predicted octanol–water partition coefficient (Wildman–Crippen LogP) is 4.09. The summed E-state index contributed by atoms with van der Waals surface area (Å²) in [6, 6.07) is 17.2. The van der Waals surface area contributed by atoms with Crippen LogP contribution in [0.5, 0.6) is 5.75 Å². The van der Waals surface area contributed by atoms with Crippen LogP contribution in [0, 0.1) is 0 Å². The molecule has 32 heavy (non-hydrogen) atoms. The van der Waals surface area contributed by atoms with Crippen LogP contribution in [0.25, 0.3) is 10.9 Å². The molecule has 1 N–H and O–H groups in total. The van der Waals surface area contributed by atoms with Gasteiger partial charge < -0.3 is 9.72 Å². The van der Waals surface area contributed by atoms with E-state index in [2.05, 4.69) is 25.9 Å². The lowest BCUT2D eigenvalue weighted by atomic mass is 10.1. The predicted molar refractivity (Wildman–Crippen MR) is 126 cm³/mol. The van der Waals surface area contributed by atoms with E-state index in [0.29, 0.717) is 26.9 Å². The molecule has 9 heteroatoms. The lowest BCUT2D eigenvalue weighted by Gasteiger charge is -2.23. The van der Waals surface area contributed by atoms with Crippen LogP contribution in [0.4, 0.5) is 0 Å². The van der Waals surface area contributed by atoms with E-state index < -0.39 is 10.0 Å². The SMILES string of the molecule is COc1ccc2cc(CN(Cc3cccnc3)S(=O)(=O)c3ccccc3Br)c(=O)[nH]c2c1. The summed E-state index contributed by atoms with van der Waals surface area (Å²) in [7, 11) is -2.37. The Hall–Kier alpha value is -3.01. The molecule has 0 bridgehead atoms. The third kappa shape index (κ3) is 4.59. The summed E-state index contributed by atoms with van der Waals surface area (Å²) in [6.45, 7) is -0.0343. The normalized spacial score (nSPS) is 11.7. The fourth-order valence-corrected chi connectivity index (χ4v) is 5.74. The molecule has 7 nitrogen and oxygen atoms in total. The summed E-state index contributed by atoms with van der Waals surface area (Å²) in [6.07, 6.45) is 3.23. The van der Waals surface area contributed by atoms with Crippen molar-refractivity contribution in [2.24, 2.45) is 0 Å². The Balaban J connectivity index is 1.78. The zero-order valence-electron chi connectivity index (χ0n) is 17.2. The van der Waals surface area contributed by atoms with Gasteiger partial charge >= 0.3 is 0 Å². The Morgan fingerprint density at radius 2 is 1.88 bits per heavy atom. The Labute approximate surface area is 193 Å². The number of hydrogen-bond donors (Lipinski definition) is 1. The number of nitrogens with one attached hydrogen (secondary N) is 1. The fraction of sp³-hybridized carbons (Fsp3) is 0.130. The second-order valence-corrected chi connectivity index (χ2v) is 9.90. The first-order valence-electron chi connectivity index (χ1n) is 9.72. The van der Waals surface area contributed by atoms with Crippen LogP contribution >= 0.6 is 15.9 Å². The van der Waals surface area contributed by atoms with Gasteiger partial charge in [0.25, 0.3) is 5.56 Å². The van der Waals surface area contributed by atoms with Gasteiger partial charge in [0.1, 0.15) is 5.75 Å². The van der Waals surface area contributed by atoms with Gasteiger partial charge in [0.15, 0.2) is 0 Å². The van der Waals surface area contributed by atoms with Crippen LogP contribution in [-0.2, 0) is 23.1 Å². The number of pyridine rings is 2. The van der Waals surface area contributed by atoms with E-state index >= 15 is 0 Å². The van der Waals surface area contributed by atoms with Crippen molar-refractivity contribution < 1.29 is 13.2 Å².